The van der Waals surface area contributed by atoms with Crippen molar-refractivity contribution < 1.29 is 53.5 Å². The first-order chi connectivity index (χ1) is 50.1. The quantitative estimate of drug-likeness (QED) is 0.0255. The van der Waals surface area contributed by atoms with Crippen molar-refractivity contribution in [2.45, 2.75) is 169 Å². The van der Waals surface area contributed by atoms with Crippen molar-refractivity contribution in [3.63, 3.8) is 0 Å². The van der Waals surface area contributed by atoms with Crippen LogP contribution in [0.25, 0.3) is 0 Å². The zero-order valence-electron chi connectivity index (χ0n) is 64.3. The SMILES string of the molecule is CC(=NO)C1CC(=O)N([C@@H](C)c2ccccc2)C1.CC(=O)C1CC(=O)N([C@@H](C)c2ccccc2)C1.CC(=O)C1CC(=O)N([C@@H](C)c2ccccc2)C1.CC(N)C1CCN([C@@H](C)c2ccccc2)C1.CC(NC(=O)[C@@H]1CCCN1)C1CCNC1.CON(C)C.C[C@@H](c1ccccc1)N1CC(C(=O)O)CC1=O. The van der Waals surface area contributed by atoms with E-state index >= 15 is 0 Å². The summed E-state index contributed by atoms with van der Waals surface area (Å²) in [7, 11) is 5.29. The third kappa shape index (κ3) is 26.2. The first-order valence-electron chi connectivity index (χ1n) is 37.4. The van der Waals surface area contributed by atoms with Gasteiger partial charge < -0.3 is 56.4 Å². The van der Waals surface area contributed by atoms with Crippen molar-refractivity contribution in [3.05, 3.63) is 179 Å². The zero-order valence-corrected chi connectivity index (χ0v) is 64.3. The topological polar surface area (TPSA) is 280 Å². The van der Waals surface area contributed by atoms with Gasteiger partial charge in [0.15, 0.2) is 0 Å². The number of Topliss-reactive ketones (excluding diaryl/α,β-unsaturated/α-hetero) is 2. The fraction of sp³-hybridized carbons (Fsp3) is 0.530. The number of hydroxylamine groups is 2. The maximum Gasteiger partial charge on any atom is 0.308 e. The summed E-state index contributed by atoms with van der Waals surface area (Å²) in [5.74, 6) is 0.262. The molecule has 5 amide bonds. The summed E-state index contributed by atoms with van der Waals surface area (Å²) in [5, 5.41) is 32.2. The molecular weight excluding hydrogens is 1330 g/mol. The van der Waals surface area contributed by atoms with Gasteiger partial charge in [0.25, 0.3) is 0 Å². The Morgan fingerprint density at radius 3 is 1.15 bits per heavy atom. The van der Waals surface area contributed by atoms with Gasteiger partial charge in [-0.2, -0.15) is 5.06 Å². The summed E-state index contributed by atoms with van der Waals surface area (Å²) in [6, 6.07) is 51.5. The number of carbonyl (C=O) groups excluding carboxylic acids is 7. The number of amides is 5. The van der Waals surface area contributed by atoms with E-state index in [1.165, 1.54) is 24.9 Å². The van der Waals surface area contributed by atoms with Gasteiger partial charge in [-0.15, -0.1) is 0 Å². The lowest BCUT2D eigenvalue weighted by atomic mass is 10.0. The van der Waals surface area contributed by atoms with Crippen LogP contribution in [0, 0.1) is 35.5 Å². The number of likely N-dealkylation sites (tertiary alicyclic amines) is 5. The van der Waals surface area contributed by atoms with Gasteiger partial charge in [-0.05, 0) is 161 Å². The average Bonchev–Trinajstić information content (AvgIpc) is 1.72. The number of benzene rings is 5. The largest absolute Gasteiger partial charge is 0.481 e. The predicted octanol–water partition coefficient (Wildman–Crippen LogP) is 10.9. The molecule has 7 aliphatic heterocycles. The molecule has 0 spiro atoms. The first kappa shape index (κ1) is 85.4. The van der Waals surface area contributed by atoms with Crippen molar-refractivity contribution in [1.29, 1.82) is 0 Å². The Morgan fingerprint density at radius 2 is 0.867 bits per heavy atom. The highest BCUT2D eigenvalue weighted by molar-refractivity contribution is 5.92. The van der Waals surface area contributed by atoms with E-state index in [-0.39, 0.29) is 95.5 Å². The standard InChI is InChI=1S/C14H18N2O2.C14H22N2.2C14H17NO2.C13H15NO3.C11H21N3O.C3H9NO/c1-10(15-18)13-8-14(17)16(9-13)11(2)12-6-4-3-5-7-12;1-11(15)14-8-9-16(10-14)12(2)13-6-4-3-5-7-13;2*1-10(12-6-4-3-5-7-12)15-9-13(11(2)16)8-14(15)17;1-9(10-5-3-2-4-6-10)14-8-11(13(16)17)7-12(14)15;1-8(9-4-6-12-7-9)14-11(15)10-3-2-5-13-10;1-4(2)5-3/h3-7,11,13,18H,8-9H2,1-2H3;3-7,11-12,14H,8-10,15H2,1-2H3;2*3-7,10,13H,8-9H2,1-2H3;2-6,9,11H,7-8H2,1H3,(H,16,17);8-10,12-13H,2-7H2,1H3,(H,14,15);1-3H3/t11-,13?;11?,12-,14?;2*10-,13?;9-,11?;8?,9?,10-;/m000000./s1. The van der Waals surface area contributed by atoms with Crippen molar-refractivity contribution in [1.82, 2.24) is 45.5 Å². The van der Waals surface area contributed by atoms with Gasteiger partial charge in [-0.1, -0.05) is 157 Å². The Hall–Kier alpha value is -8.51. The first-order valence-corrected chi connectivity index (χ1v) is 37.4. The molecule has 8 unspecified atom stereocenters. The van der Waals surface area contributed by atoms with Crippen molar-refractivity contribution in [2.24, 2.45) is 46.4 Å². The molecule has 0 saturated carbocycles. The summed E-state index contributed by atoms with van der Waals surface area (Å²) in [6.45, 7) is 26.9. The van der Waals surface area contributed by atoms with Gasteiger partial charge in [0.05, 0.1) is 48.9 Å². The fourth-order valence-corrected chi connectivity index (χ4v) is 14.1. The van der Waals surface area contributed by atoms with Crippen LogP contribution in [0.5, 0.6) is 0 Å². The molecular formula is C83H119N11O11. The third-order valence-corrected chi connectivity index (χ3v) is 21.6. The number of rotatable bonds is 19. The molecule has 572 valence electrons. The number of nitrogens with one attached hydrogen (secondary N) is 3. The van der Waals surface area contributed by atoms with Crippen LogP contribution in [0.1, 0.15) is 179 Å². The smallest absolute Gasteiger partial charge is 0.308 e. The van der Waals surface area contributed by atoms with E-state index in [0.29, 0.717) is 81.1 Å². The molecule has 7 N–H and O–H groups in total. The normalized spacial score (nSPS) is 23.4. The molecule has 105 heavy (non-hydrogen) atoms. The van der Waals surface area contributed by atoms with Gasteiger partial charge >= 0.3 is 5.97 Å². The molecule has 14 atom stereocenters. The monoisotopic (exact) mass is 1450 g/mol. The Kier molecular flexibility index (Phi) is 35.1. The van der Waals surface area contributed by atoms with Crippen molar-refractivity contribution in [2.75, 3.05) is 80.1 Å². The number of nitrogens with zero attached hydrogens (tertiary/aromatic N) is 7. The van der Waals surface area contributed by atoms with Crippen LogP contribution in [0.4, 0.5) is 0 Å². The van der Waals surface area contributed by atoms with Crippen molar-refractivity contribution >= 4 is 52.8 Å². The maximum atomic E-state index is 12.0. The molecule has 12 rings (SSSR count). The Bertz CT molecular complexity index is 3330. The number of nitrogens with two attached hydrogens (primary N) is 1. The number of carbonyl (C=O) groups is 8. The summed E-state index contributed by atoms with van der Waals surface area (Å²) in [6.07, 6.45) is 5.83. The highest BCUT2D eigenvalue weighted by atomic mass is 16.7. The van der Waals surface area contributed by atoms with E-state index in [2.05, 4.69) is 81.9 Å². The Labute approximate surface area is 623 Å². The minimum absolute atomic E-state index is 0.0358. The highest BCUT2D eigenvalue weighted by Crippen LogP contribution is 2.34. The van der Waals surface area contributed by atoms with Gasteiger partial charge in [-0.3, -0.25) is 43.3 Å². The molecule has 5 aromatic rings. The zero-order chi connectivity index (χ0) is 76.9. The number of carboxylic acids is 1. The predicted molar refractivity (Wildman–Crippen MR) is 411 cm³/mol. The fourth-order valence-electron chi connectivity index (χ4n) is 14.1. The molecule has 0 aliphatic carbocycles. The van der Waals surface area contributed by atoms with E-state index < -0.39 is 11.9 Å². The molecule has 0 radical (unpaired) electrons. The second kappa shape index (κ2) is 43.2. The number of hydrogen-bond acceptors (Lipinski definition) is 16. The van der Waals surface area contributed by atoms with E-state index in [4.69, 9.17) is 16.0 Å². The Balaban J connectivity index is 0.000000195. The molecule has 0 bridgehead atoms. The van der Waals surface area contributed by atoms with Crippen LogP contribution < -0.4 is 21.7 Å². The molecule has 7 heterocycles. The molecule has 7 aliphatic rings. The molecule has 22 heteroatoms. The molecule has 0 aromatic heterocycles. The maximum absolute atomic E-state index is 12.0. The molecule has 22 nitrogen and oxygen atoms in total. The van der Waals surface area contributed by atoms with Crippen LogP contribution >= 0.6 is 0 Å². The minimum atomic E-state index is -0.888. The number of oxime groups is 1. The number of hydrogen-bond donors (Lipinski definition) is 6. The van der Waals surface area contributed by atoms with E-state index in [0.717, 1.165) is 61.3 Å². The minimum Gasteiger partial charge on any atom is -0.481 e. The van der Waals surface area contributed by atoms with Crippen LogP contribution in [0.3, 0.4) is 0 Å². The molecule has 7 saturated heterocycles. The summed E-state index contributed by atoms with van der Waals surface area (Å²) < 4.78 is 0. The van der Waals surface area contributed by atoms with E-state index in [1.54, 1.807) is 47.6 Å². The third-order valence-electron chi connectivity index (χ3n) is 21.6. The lowest BCUT2D eigenvalue weighted by molar-refractivity contribution is -0.141. The van der Waals surface area contributed by atoms with Gasteiger partial charge in [0.1, 0.15) is 11.6 Å². The van der Waals surface area contributed by atoms with Crippen LogP contribution in [-0.2, 0) is 43.2 Å². The molecule has 7 fully saturated rings. The second-order valence-corrected chi connectivity index (χ2v) is 29.1. The van der Waals surface area contributed by atoms with Crippen molar-refractivity contribution in [3.8, 4) is 0 Å². The van der Waals surface area contributed by atoms with Crippen LogP contribution in [0.15, 0.2) is 157 Å². The average molecular weight is 1450 g/mol. The van der Waals surface area contributed by atoms with Gasteiger partial charge in [0.2, 0.25) is 29.5 Å². The lowest BCUT2D eigenvalue weighted by Gasteiger charge is -2.25. The second-order valence-electron chi connectivity index (χ2n) is 29.1. The summed E-state index contributed by atoms with van der Waals surface area (Å²) >= 11 is 0. The summed E-state index contributed by atoms with van der Waals surface area (Å²) in [4.78, 5) is 107. The van der Waals surface area contributed by atoms with E-state index in [9.17, 15) is 38.4 Å². The highest BCUT2D eigenvalue weighted by Gasteiger charge is 2.40. The Morgan fingerprint density at radius 1 is 0.514 bits per heavy atom. The van der Waals surface area contributed by atoms with E-state index in [1.807, 2.05) is 168 Å². The number of aliphatic carboxylic acids is 1. The van der Waals surface area contributed by atoms with Gasteiger partial charge in [0, 0.05) is 108 Å². The number of carboxylic acid groups (broad SMARTS) is 1. The molecule has 5 aromatic carbocycles. The number of ketones is 2. The van der Waals surface area contributed by atoms with Crippen LogP contribution in [-0.4, -0.2) is 191 Å². The lowest BCUT2D eigenvalue weighted by Crippen LogP contribution is -2.47. The summed E-state index contributed by atoms with van der Waals surface area (Å²) in [5.41, 5.74) is 12.4. The van der Waals surface area contributed by atoms with Gasteiger partial charge in [-0.25, -0.2) is 0 Å². The van der Waals surface area contributed by atoms with Crippen LogP contribution in [0.2, 0.25) is 0 Å².